The van der Waals surface area contributed by atoms with E-state index in [1.54, 1.807) is 20.9 Å². The van der Waals surface area contributed by atoms with Crippen LogP contribution in [-0.4, -0.2) is 47.2 Å². The highest BCUT2D eigenvalue weighted by molar-refractivity contribution is 7.89. The van der Waals surface area contributed by atoms with E-state index in [1.165, 1.54) is 18.5 Å². The maximum atomic E-state index is 12.3. The molecule has 0 aliphatic carbocycles. The Morgan fingerprint density at radius 2 is 1.86 bits per heavy atom. The van der Waals surface area contributed by atoms with Crippen molar-refractivity contribution < 1.29 is 16.8 Å². The Morgan fingerprint density at radius 3 is 2.38 bits per heavy atom. The second-order valence-corrected chi connectivity index (χ2v) is 8.69. The smallest absolute Gasteiger partial charge is 0.244 e. The molecule has 1 rings (SSSR count). The predicted octanol–water partition coefficient (Wildman–Crippen LogP) is -0.271. The SMILES string of the molecule is CNc1ccncc1S(=O)(=O)NCC(C)(C)NS(C)(=O)=O. The molecule has 0 bridgehead atoms. The monoisotopic (exact) mass is 336 g/mol. The van der Waals surface area contributed by atoms with Gasteiger partial charge in [0.15, 0.2) is 0 Å². The lowest BCUT2D eigenvalue weighted by molar-refractivity contribution is 0.446. The third kappa shape index (κ3) is 5.58. The zero-order valence-corrected chi connectivity index (χ0v) is 14.0. The molecule has 0 aliphatic rings. The molecule has 0 saturated carbocycles. The molecule has 0 saturated heterocycles. The Balaban J connectivity index is 2.92. The highest BCUT2D eigenvalue weighted by Gasteiger charge is 2.26. The predicted molar refractivity (Wildman–Crippen MR) is 81.0 cm³/mol. The first-order valence-electron chi connectivity index (χ1n) is 6.07. The van der Waals surface area contributed by atoms with Crippen molar-refractivity contribution in [3.05, 3.63) is 18.5 Å². The van der Waals surface area contributed by atoms with Gasteiger partial charge in [0, 0.05) is 31.5 Å². The van der Waals surface area contributed by atoms with E-state index in [0.29, 0.717) is 5.69 Å². The van der Waals surface area contributed by atoms with Crippen LogP contribution in [0.2, 0.25) is 0 Å². The second-order valence-electron chi connectivity index (χ2n) is 5.20. The van der Waals surface area contributed by atoms with Crippen LogP contribution >= 0.6 is 0 Å². The summed E-state index contributed by atoms with van der Waals surface area (Å²) in [5.41, 5.74) is -0.547. The Bertz CT molecular complexity index is 699. The van der Waals surface area contributed by atoms with E-state index in [9.17, 15) is 16.8 Å². The number of pyridine rings is 1. The Hall–Kier alpha value is -1.23. The van der Waals surface area contributed by atoms with Crippen molar-refractivity contribution >= 4 is 25.7 Å². The van der Waals surface area contributed by atoms with Gasteiger partial charge in [-0.3, -0.25) is 4.98 Å². The summed E-state index contributed by atoms with van der Waals surface area (Å²) in [5.74, 6) is 0. The van der Waals surface area contributed by atoms with Crippen molar-refractivity contribution in [3.63, 3.8) is 0 Å². The largest absolute Gasteiger partial charge is 0.387 e. The molecule has 0 amide bonds. The maximum Gasteiger partial charge on any atom is 0.244 e. The lowest BCUT2D eigenvalue weighted by Crippen LogP contribution is -2.50. The molecule has 8 nitrogen and oxygen atoms in total. The lowest BCUT2D eigenvalue weighted by Gasteiger charge is -2.25. The zero-order chi connectivity index (χ0) is 16.3. The third-order valence-corrected chi connectivity index (χ3v) is 4.86. The van der Waals surface area contributed by atoms with Gasteiger partial charge in [0.25, 0.3) is 0 Å². The van der Waals surface area contributed by atoms with Gasteiger partial charge in [-0.05, 0) is 19.9 Å². The molecule has 10 heteroatoms. The van der Waals surface area contributed by atoms with Crippen LogP contribution < -0.4 is 14.8 Å². The summed E-state index contributed by atoms with van der Waals surface area (Å²) in [6, 6.07) is 1.54. The number of rotatable bonds is 7. The van der Waals surface area contributed by atoms with Crippen molar-refractivity contribution in [2.75, 3.05) is 25.2 Å². The van der Waals surface area contributed by atoms with Gasteiger partial charge in [0.05, 0.1) is 11.9 Å². The maximum absolute atomic E-state index is 12.3. The lowest BCUT2D eigenvalue weighted by atomic mass is 10.1. The first-order valence-corrected chi connectivity index (χ1v) is 9.45. The normalized spacial score (nSPS) is 13.1. The average molecular weight is 336 g/mol. The van der Waals surface area contributed by atoms with Gasteiger partial charge in [-0.2, -0.15) is 0 Å². The van der Waals surface area contributed by atoms with Crippen molar-refractivity contribution in [1.29, 1.82) is 0 Å². The first-order chi connectivity index (χ1) is 9.47. The summed E-state index contributed by atoms with van der Waals surface area (Å²) in [6.07, 6.45) is 3.72. The minimum atomic E-state index is -3.80. The number of nitrogens with one attached hydrogen (secondary N) is 3. The van der Waals surface area contributed by atoms with Crippen LogP contribution in [0.5, 0.6) is 0 Å². The van der Waals surface area contributed by atoms with Gasteiger partial charge in [-0.1, -0.05) is 0 Å². The zero-order valence-electron chi connectivity index (χ0n) is 12.3. The number of nitrogens with zero attached hydrogens (tertiary/aromatic N) is 1. The molecule has 0 spiro atoms. The standard InChI is InChI=1S/C11H20N4O4S2/c1-11(2,15-20(4,16)17)8-14-21(18,19)10-7-13-6-5-9(10)12-3/h5-7,14-15H,8H2,1-4H3,(H,12,13). The average Bonchev–Trinajstić information content (AvgIpc) is 2.34. The Morgan fingerprint density at radius 1 is 1.24 bits per heavy atom. The molecule has 1 aromatic heterocycles. The molecule has 3 N–H and O–H groups in total. The molecular formula is C11H20N4O4S2. The van der Waals surface area contributed by atoms with Crippen LogP contribution in [0.3, 0.4) is 0 Å². The second kappa shape index (κ2) is 6.26. The highest BCUT2D eigenvalue weighted by Crippen LogP contribution is 2.18. The fraction of sp³-hybridized carbons (Fsp3) is 0.545. The van der Waals surface area contributed by atoms with Crippen LogP contribution in [0.25, 0.3) is 0 Å². The molecule has 0 unspecified atom stereocenters. The van der Waals surface area contributed by atoms with E-state index in [2.05, 4.69) is 19.7 Å². The van der Waals surface area contributed by atoms with E-state index in [1.807, 2.05) is 0 Å². The molecule has 0 aromatic carbocycles. The third-order valence-electron chi connectivity index (χ3n) is 2.51. The van der Waals surface area contributed by atoms with Gasteiger partial charge < -0.3 is 5.32 Å². The molecule has 21 heavy (non-hydrogen) atoms. The van der Waals surface area contributed by atoms with E-state index in [4.69, 9.17) is 0 Å². The Kier molecular flexibility index (Phi) is 5.31. The quantitative estimate of drug-likeness (QED) is 0.631. The van der Waals surface area contributed by atoms with Crippen molar-refractivity contribution in [2.24, 2.45) is 0 Å². The van der Waals surface area contributed by atoms with Crippen LogP contribution in [-0.2, 0) is 20.0 Å². The number of anilines is 1. The molecule has 1 aromatic rings. The van der Waals surface area contributed by atoms with Crippen LogP contribution in [0, 0.1) is 0 Å². The summed E-state index contributed by atoms with van der Waals surface area (Å²) in [5, 5.41) is 2.77. The fourth-order valence-electron chi connectivity index (χ4n) is 1.69. The molecule has 0 radical (unpaired) electrons. The summed E-state index contributed by atoms with van der Waals surface area (Å²) in [6.45, 7) is 3.07. The number of aromatic nitrogens is 1. The molecule has 1 heterocycles. The number of hydrogen-bond acceptors (Lipinski definition) is 6. The number of hydrogen-bond donors (Lipinski definition) is 3. The van der Waals surface area contributed by atoms with Crippen molar-refractivity contribution in [2.45, 2.75) is 24.3 Å². The summed E-state index contributed by atoms with van der Waals surface area (Å²) in [4.78, 5) is 3.80. The van der Waals surface area contributed by atoms with E-state index in [0.717, 1.165) is 6.26 Å². The van der Waals surface area contributed by atoms with Gasteiger partial charge in [-0.25, -0.2) is 26.3 Å². The summed E-state index contributed by atoms with van der Waals surface area (Å²) >= 11 is 0. The molecule has 0 aliphatic heterocycles. The molecule has 120 valence electrons. The van der Waals surface area contributed by atoms with Crippen LogP contribution in [0.1, 0.15) is 13.8 Å². The minimum absolute atomic E-state index is 0.00246. The summed E-state index contributed by atoms with van der Waals surface area (Å²) < 4.78 is 51.7. The summed E-state index contributed by atoms with van der Waals surface area (Å²) in [7, 11) is -5.64. The first kappa shape index (κ1) is 17.8. The van der Waals surface area contributed by atoms with Gasteiger partial charge in [0.1, 0.15) is 4.90 Å². The molecule has 0 fully saturated rings. The van der Waals surface area contributed by atoms with Crippen LogP contribution in [0.4, 0.5) is 5.69 Å². The van der Waals surface area contributed by atoms with E-state index in [-0.39, 0.29) is 11.4 Å². The van der Waals surface area contributed by atoms with E-state index >= 15 is 0 Å². The fourth-order valence-corrected chi connectivity index (χ4v) is 4.13. The molecular weight excluding hydrogens is 316 g/mol. The van der Waals surface area contributed by atoms with E-state index < -0.39 is 25.6 Å². The van der Waals surface area contributed by atoms with Crippen molar-refractivity contribution in [3.8, 4) is 0 Å². The van der Waals surface area contributed by atoms with Crippen LogP contribution in [0.15, 0.2) is 23.4 Å². The van der Waals surface area contributed by atoms with Gasteiger partial charge >= 0.3 is 0 Å². The minimum Gasteiger partial charge on any atom is -0.387 e. The topological polar surface area (TPSA) is 117 Å². The highest BCUT2D eigenvalue weighted by atomic mass is 32.2. The van der Waals surface area contributed by atoms with Gasteiger partial charge in [-0.15, -0.1) is 0 Å². The van der Waals surface area contributed by atoms with Crippen molar-refractivity contribution in [1.82, 2.24) is 14.4 Å². The number of sulfonamides is 2. The Labute approximate surface area is 125 Å². The van der Waals surface area contributed by atoms with Gasteiger partial charge in [0.2, 0.25) is 20.0 Å². The molecule has 0 atom stereocenters.